The lowest BCUT2D eigenvalue weighted by Gasteiger charge is -2.47. The predicted molar refractivity (Wildman–Crippen MR) is 148 cm³/mol. The maximum Gasteiger partial charge on any atom is 0.271 e. The summed E-state index contributed by atoms with van der Waals surface area (Å²) < 4.78 is 2.04. The second-order valence-corrected chi connectivity index (χ2v) is 10.5. The van der Waals surface area contributed by atoms with Crippen LogP contribution in [0.15, 0.2) is 85.5 Å². The first-order valence-corrected chi connectivity index (χ1v) is 13.6. The molecule has 5 rings (SSSR count). The molecule has 1 atom stereocenters. The predicted octanol–water partition coefficient (Wildman–Crippen LogP) is 6.36. The lowest BCUT2D eigenvalue weighted by Crippen LogP contribution is -2.66. The van der Waals surface area contributed by atoms with Crippen molar-refractivity contribution in [2.75, 3.05) is 0 Å². The van der Waals surface area contributed by atoms with Gasteiger partial charge in [-0.15, -0.1) is 6.58 Å². The van der Waals surface area contributed by atoms with Crippen LogP contribution in [0.5, 0.6) is 0 Å². The molecule has 1 aliphatic carbocycles. The molecule has 1 saturated carbocycles. The summed E-state index contributed by atoms with van der Waals surface area (Å²) in [5.41, 5.74) is 2.55. The third kappa shape index (κ3) is 5.13. The maximum atomic E-state index is 14.3. The molecule has 2 amide bonds. The van der Waals surface area contributed by atoms with E-state index in [2.05, 4.69) is 11.9 Å². The van der Waals surface area contributed by atoms with Gasteiger partial charge in [-0.1, -0.05) is 98.8 Å². The van der Waals surface area contributed by atoms with Gasteiger partial charge >= 0.3 is 0 Å². The Morgan fingerprint density at radius 1 is 0.892 bits per heavy atom. The summed E-state index contributed by atoms with van der Waals surface area (Å²) >= 11 is 0. The fourth-order valence-corrected chi connectivity index (χ4v) is 5.98. The van der Waals surface area contributed by atoms with Crippen LogP contribution in [-0.4, -0.2) is 32.9 Å². The minimum Gasteiger partial charge on any atom is -0.351 e. The van der Waals surface area contributed by atoms with Crippen molar-refractivity contribution in [2.24, 2.45) is 0 Å². The molecule has 1 aromatic heterocycles. The lowest BCUT2D eigenvalue weighted by atomic mass is 9.86. The number of benzene rings is 2. The molecule has 5 nitrogen and oxygen atoms in total. The summed E-state index contributed by atoms with van der Waals surface area (Å²) in [7, 11) is 0. The Labute approximate surface area is 220 Å². The van der Waals surface area contributed by atoms with Gasteiger partial charge in [0.25, 0.3) is 5.91 Å². The van der Waals surface area contributed by atoms with Gasteiger partial charge in [-0.05, 0) is 42.5 Å². The number of carbonyl (C=O) groups is 2. The first-order chi connectivity index (χ1) is 18.1. The van der Waals surface area contributed by atoms with Gasteiger partial charge in [0, 0.05) is 18.3 Å². The molecule has 0 saturated heterocycles. The first-order valence-electron chi connectivity index (χ1n) is 13.6. The number of rotatable bonds is 7. The Hall–Kier alpha value is -3.60. The number of carbonyl (C=O) groups excluding carboxylic acids is 2. The van der Waals surface area contributed by atoms with Crippen LogP contribution in [0, 0.1) is 0 Å². The van der Waals surface area contributed by atoms with Crippen molar-refractivity contribution >= 4 is 11.8 Å². The van der Waals surface area contributed by atoms with Gasteiger partial charge < -0.3 is 14.8 Å². The molecule has 37 heavy (non-hydrogen) atoms. The first kappa shape index (κ1) is 25.1. The second-order valence-electron chi connectivity index (χ2n) is 10.5. The molecule has 1 aliphatic heterocycles. The molecule has 2 aromatic carbocycles. The van der Waals surface area contributed by atoms with E-state index in [0.29, 0.717) is 25.2 Å². The summed E-state index contributed by atoms with van der Waals surface area (Å²) in [6.45, 7) is 4.78. The smallest absolute Gasteiger partial charge is 0.271 e. The van der Waals surface area contributed by atoms with Crippen molar-refractivity contribution in [1.29, 1.82) is 0 Å². The zero-order valence-corrected chi connectivity index (χ0v) is 21.6. The molecule has 2 heterocycles. The standard InChI is InChI=1S/C32H37N3O2/c1-2-22-32(31(37)33-27-18-12-4-3-5-13-19-27)24-34-28(26-16-10-7-11-17-26)20-21-29(34)30(36)35(32)23-25-14-8-6-9-15-25/h2,6-11,14-17,20-21,27H,1,3-5,12-13,18-19,22-24H2,(H,33,37). The fraction of sp³-hybridized carbons (Fsp3) is 0.375. The average Bonchev–Trinajstić information content (AvgIpc) is 3.33. The number of hydrogen-bond donors (Lipinski definition) is 1. The van der Waals surface area contributed by atoms with E-state index in [1.807, 2.05) is 77.4 Å². The lowest BCUT2D eigenvalue weighted by molar-refractivity contribution is -0.135. The third-order valence-electron chi connectivity index (χ3n) is 7.98. The van der Waals surface area contributed by atoms with Crippen molar-refractivity contribution < 1.29 is 9.59 Å². The SMILES string of the molecule is C=CCC1(C(=O)NC2CCCCCCC2)Cn2c(ccc2-c2ccccc2)C(=O)N1Cc1ccccc1. The Bertz CT molecular complexity index is 1230. The molecule has 1 fully saturated rings. The van der Waals surface area contributed by atoms with E-state index in [4.69, 9.17) is 0 Å². The quantitative estimate of drug-likeness (QED) is 0.388. The molecule has 1 unspecified atom stereocenters. The Morgan fingerprint density at radius 3 is 2.19 bits per heavy atom. The van der Waals surface area contributed by atoms with E-state index in [9.17, 15) is 9.59 Å². The molecule has 0 spiro atoms. The van der Waals surface area contributed by atoms with Gasteiger partial charge in [0.05, 0.1) is 6.54 Å². The molecule has 5 heteroatoms. The summed E-state index contributed by atoms with van der Waals surface area (Å²) in [5.74, 6) is -0.187. The summed E-state index contributed by atoms with van der Waals surface area (Å²) in [5, 5.41) is 3.41. The van der Waals surface area contributed by atoms with E-state index in [1.54, 1.807) is 11.0 Å². The normalized spacial score (nSPS) is 20.5. The fourth-order valence-electron chi connectivity index (χ4n) is 5.98. The number of aromatic nitrogens is 1. The maximum absolute atomic E-state index is 14.3. The van der Waals surface area contributed by atoms with Gasteiger partial charge in [0.15, 0.2) is 0 Å². The van der Waals surface area contributed by atoms with Crippen LogP contribution in [0.3, 0.4) is 0 Å². The van der Waals surface area contributed by atoms with Crippen LogP contribution in [0.2, 0.25) is 0 Å². The minimum absolute atomic E-state index is 0.0689. The zero-order valence-electron chi connectivity index (χ0n) is 21.6. The summed E-state index contributed by atoms with van der Waals surface area (Å²) in [6, 6.07) is 24.1. The highest BCUT2D eigenvalue weighted by atomic mass is 16.2. The average molecular weight is 496 g/mol. The van der Waals surface area contributed by atoms with E-state index in [-0.39, 0.29) is 17.9 Å². The van der Waals surface area contributed by atoms with Crippen molar-refractivity contribution in [3.63, 3.8) is 0 Å². The molecular formula is C32H37N3O2. The minimum atomic E-state index is -1.06. The zero-order chi connectivity index (χ0) is 25.7. The van der Waals surface area contributed by atoms with Crippen molar-refractivity contribution in [2.45, 2.75) is 76.0 Å². The number of nitrogens with zero attached hydrogens (tertiary/aromatic N) is 2. The third-order valence-corrected chi connectivity index (χ3v) is 7.98. The summed E-state index contributed by atoms with van der Waals surface area (Å²) in [6.07, 6.45) is 10.1. The van der Waals surface area contributed by atoms with Crippen LogP contribution < -0.4 is 5.32 Å². The molecule has 3 aromatic rings. The Morgan fingerprint density at radius 2 is 1.51 bits per heavy atom. The van der Waals surface area contributed by atoms with Gasteiger partial charge in [0.1, 0.15) is 11.2 Å². The van der Waals surface area contributed by atoms with Crippen LogP contribution in [0.4, 0.5) is 0 Å². The van der Waals surface area contributed by atoms with E-state index < -0.39 is 5.54 Å². The van der Waals surface area contributed by atoms with Crippen LogP contribution in [0.1, 0.15) is 67.4 Å². The number of hydrogen-bond acceptors (Lipinski definition) is 2. The molecule has 0 bridgehead atoms. The number of nitrogens with one attached hydrogen (secondary N) is 1. The van der Waals surface area contributed by atoms with Gasteiger partial charge in [0.2, 0.25) is 5.91 Å². The van der Waals surface area contributed by atoms with Crippen LogP contribution in [-0.2, 0) is 17.9 Å². The monoisotopic (exact) mass is 495 g/mol. The Balaban J connectivity index is 1.56. The van der Waals surface area contributed by atoms with Gasteiger partial charge in [-0.2, -0.15) is 0 Å². The highest BCUT2D eigenvalue weighted by molar-refractivity contribution is 6.01. The van der Waals surface area contributed by atoms with Gasteiger partial charge in [-0.3, -0.25) is 9.59 Å². The van der Waals surface area contributed by atoms with Crippen molar-refractivity contribution in [3.05, 3.63) is 96.7 Å². The number of amides is 2. The summed E-state index contributed by atoms with van der Waals surface area (Å²) in [4.78, 5) is 30.3. The molecule has 1 N–H and O–H groups in total. The van der Waals surface area contributed by atoms with Crippen LogP contribution >= 0.6 is 0 Å². The van der Waals surface area contributed by atoms with E-state index in [1.165, 1.54) is 19.3 Å². The molecule has 192 valence electrons. The molecule has 2 aliphatic rings. The van der Waals surface area contributed by atoms with E-state index >= 15 is 0 Å². The number of fused-ring (bicyclic) bond motifs is 1. The Kier molecular flexibility index (Phi) is 7.59. The topological polar surface area (TPSA) is 54.3 Å². The highest BCUT2D eigenvalue weighted by Crippen LogP contribution is 2.37. The van der Waals surface area contributed by atoms with Crippen molar-refractivity contribution in [1.82, 2.24) is 14.8 Å². The molecule has 0 radical (unpaired) electrons. The highest BCUT2D eigenvalue weighted by Gasteiger charge is 2.50. The van der Waals surface area contributed by atoms with E-state index in [0.717, 1.165) is 42.5 Å². The molecular weight excluding hydrogens is 458 g/mol. The largest absolute Gasteiger partial charge is 0.351 e. The second kappa shape index (κ2) is 11.2. The van der Waals surface area contributed by atoms with Crippen LogP contribution in [0.25, 0.3) is 11.3 Å². The van der Waals surface area contributed by atoms with Gasteiger partial charge in [-0.25, -0.2) is 0 Å². The van der Waals surface area contributed by atoms with Crippen molar-refractivity contribution in [3.8, 4) is 11.3 Å².